The van der Waals surface area contributed by atoms with Crippen LogP contribution in [0.15, 0.2) is 55.5 Å². The molecule has 2 heterocycles. The molecule has 0 aliphatic carbocycles. The van der Waals surface area contributed by atoms with E-state index in [1.807, 2.05) is 0 Å². The van der Waals surface area contributed by atoms with Crippen molar-refractivity contribution in [2.75, 3.05) is 0 Å². The van der Waals surface area contributed by atoms with Gasteiger partial charge in [-0.15, -0.1) is 10.2 Å². The highest BCUT2D eigenvalue weighted by Gasteiger charge is 2.30. The molecule has 114 valence electrons. The highest BCUT2D eigenvalue weighted by Crippen LogP contribution is 2.37. The van der Waals surface area contributed by atoms with Gasteiger partial charge >= 0.3 is 0 Å². The minimum absolute atomic E-state index is 0.0264. The van der Waals surface area contributed by atoms with Crippen LogP contribution in [0.5, 0.6) is 11.5 Å². The van der Waals surface area contributed by atoms with Crippen molar-refractivity contribution in [1.29, 1.82) is 0 Å². The second-order valence-corrected chi connectivity index (χ2v) is 5.13. The number of benzene rings is 2. The molecule has 0 spiro atoms. The van der Waals surface area contributed by atoms with Crippen LogP contribution in [-0.4, -0.2) is 40.9 Å². The molecule has 2 aliphatic rings. The van der Waals surface area contributed by atoms with Gasteiger partial charge in [0.25, 0.3) is 0 Å². The van der Waals surface area contributed by atoms with Gasteiger partial charge in [-0.05, 0) is 23.6 Å². The molecule has 2 aromatic rings. The Balaban J connectivity index is 1.76. The van der Waals surface area contributed by atoms with Gasteiger partial charge in [-0.3, -0.25) is 4.99 Å². The normalized spacial score (nSPS) is 22.3. The molecule has 2 unspecified atom stereocenters. The van der Waals surface area contributed by atoms with Crippen molar-refractivity contribution < 1.29 is 10.2 Å². The third kappa shape index (κ3) is 2.30. The monoisotopic (exact) mass is 308 g/mol. The molecule has 0 radical (unpaired) electrons. The molecular weight excluding hydrogens is 296 g/mol. The Labute approximate surface area is 130 Å². The van der Waals surface area contributed by atoms with Crippen molar-refractivity contribution in [2.45, 2.75) is 12.2 Å². The van der Waals surface area contributed by atoms with Crippen molar-refractivity contribution in [3.63, 3.8) is 0 Å². The number of nitrogens with zero attached hydrogens (tertiary/aromatic N) is 5. The summed E-state index contributed by atoms with van der Waals surface area (Å²) in [6, 6.07) is 7.81. The molecule has 8 heteroatoms. The number of hydrogen-bond acceptors (Lipinski definition) is 8. The maximum atomic E-state index is 10.1. The van der Waals surface area contributed by atoms with Gasteiger partial charge in [0.05, 0.1) is 6.34 Å². The van der Waals surface area contributed by atoms with Crippen molar-refractivity contribution in [2.24, 2.45) is 25.2 Å². The van der Waals surface area contributed by atoms with Crippen LogP contribution in [0.1, 0.15) is 0 Å². The Kier molecular flexibility index (Phi) is 3.00. The van der Waals surface area contributed by atoms with Gasteiger partial charge in [0.1, 0.15) is 23.5 Å². The van der Waals surface area contributed by atoms with Crippen LogP contribution in [0.25, 0.3) is 10.8 Å². The number of azo groups is 1. The number of nitrogens with one attached hydrogen (secondary N) is 1. The predicted molar refractivity (Wildman–Crippen MR) is 86.9 cm³/mol. The summed E-state index contributed by atoms with van der Waals surface area (Å²) in [5.41, 5.74) is 0.273. The van der Waals surface area contributed by atoms with Crippen LogP contribution in [0.2, 0.25) is 0 Å². The summed E-state index contributed by atoms with van der Waals surface area (Å²) in [7, 11) is 0. The molecule has 3 N–H and O–H groups in total. The molecule has 0 aromatic heterocycles. The number of amidine groups is 1. The third-order valence-electron chi connectivity index (χ3n) is 3.67. The van der Waals surface area contributed by atoms with E-state index in [4.69, 9.17) is 0 Å². The Morgan fingerprint density at radius 3 is 2.83 bits per heavy atom. The van der Waals surface area contributed by atoms with E-state index in [0.717, 1.165) is 5.39 Å². The number of phenols is 2. The average Bonchev–Trinajstić information content (AvgIpc) is 3.03. The van der Waals surface area contributed by atoms with Crippen LogP contribution in [0.3, 0.4) is 0 Å². The van der Waals surface area contributed by atoms with Crippen molar-refractivity contribution in [3.8, 4) is 11.5 Å². The summed E-state index contributed by atoms with van der Waals surface area (Å²) in [4.78, 5) is 12.5. The van der Waals surface area contributed by atoms with Gasteiger partial charge < -0.3 is 15.5 Å². The smallest absolute Gasteiger partial charge is 0.181 e. The van der Waals surface area contributed by atoms with E-state index >= 15 is 0 Å². The molecule has 2 aliphatic heterocycles. The van der Waals surface area contributed by atoms with Gasteiger partial charge in [-0.1, -0.05) is 12.1 Å². The zero-order valence-electron chi connectivity index (χ0n) is 11.8. The first kappa shape index (κ1) is 13.4. The lowest BCUT2D eigenvalue weighted by Crippen LogP contribution is -2.36. The van der Waals surface area contributed by atoms with Gasteiger partial charge in [0.2, 0.25) is 0 Å². The molecule has 4 rings (SSSR count). The van der Waals surface area contributed by atoms with E-state index in [9.17, 15) is 10.2 Å². The van der Waals surface area contributed by atoms with E-state index in [2.05, 4.69) is 30.5 Å². The molecular formula is C15H12N6O2. The van der Waals surface area contributed by atoms with Crippen molar-refractivity contribution in [3.05, 3.63) is 30.3 Å². The molecule has 8 nitrogen and oxygen atoms in total. The van der Waals surface area contributed by atoms with E-state index in [0.29, 0.717) is 11.2 Å². The standard InChI is InChI=1S/C15H12N6O2/c22-9-3-1-8-2-4-11(23)12(10(8)5-9)20-21-15-13-14(17-6-16-13)18-7-19-15/h1-7,13-14,22-23H,(H,16,17)/b21-20+. The molecule has 2 aromatic carbocycles. The van der Waals surface area contributed by atoms with E-state index in [-0.39, 0.29) is 29.4 Å². The average molecular weight is 308 g/mol. The molecule has 23 heavy (non-hydrogen) atoms. The Hall–Kier alpha value is -3.29. The SMILES string of the molecule is Oc1ccc2ccc(O)c(/N=N/C3=NC=NC4NC=NC34)c2c1. The largest absolute Gasteiger partial charge is 0.508 e. The minimum atomic E-state index is -0.325. The fourth-order valence-electron chi connectivity index (χ4n) is 2.52. The molecule has 0 fully saturated rings. The highest BCUT2D eigenvalue weighted by molar-refractivity contribution is 5.99. The number of hydrogen-bond donors (Lipinski definition) is 3. The lowest BCUT2D eigenvalue weighted by Gasteiger charge is -2.15. The molecule has 0 saturated heterocycles. The summed E-state index contributed by atoms with van der Waals surface area (Å²) < 4.78 is 0. The molecule has 0 bridgehead atoms. The van der Waals surface area contributed by atoms with Gasteiger partial charge in [0, 0.05) is 5.39 Å². The Morgan fingerprint density at radius 1 is 1.04 bits per heavy atom. The Bertz CT molecular complexity index is 897. The van der Waals surface area contributed by atoms with Crippen LogP contribution < -0.4 is 5.32 Å². The number of phenolic OH excluding ortho intramolecular Hbond substituents is 2. The maximum Gasteiger partial charge on any atom is 0.181 e. The molecule has 0 amide bonds. The Morgan fingerprint density at radius 2 is 1.91 bits per heavy atom. The van der Waals surface area contributed by atoms with E-state index in [1.54, 1.807) is 24.5 Å². The maximum absolute atomic E-state index is 10.1. The zero-order chi connectivity index (χ0) is 15.8. The van der Waals surface area contributed by atoms with E-state index < -0.39 is 0 Å². The van der Waals surface area contributed by atoms with Gasteiger partial charge in [-0.2, -0.15) is 0 Å². The lowest BCUT2D eigenvalue weighted by molar-refractivity contribution is 0.475. The van der Waals surface area contributed by atoms with Crippen molar-refractivity contribution in [1.82, 2.24) is 5.32 Å². The number of rotatable bonds is 1. The highest BCUT2D eigenvalue weighted by atomic mass is 16.3. The molecule has 0 saturated carbocycles. The topological polar surface area (TPSA) is 114 Å². The number of aromatic hydroxyl groups is 2. The summed E-state index contributed by atoms with van der Waals surface area (Å²) in [5, 5.41) is 32.4. The fraction of sp³-hybridized carbons (Fsp3) is 0.133. The quantitative estimate of drug-likeness (QED) is 0.701. The zero-order valence-corrected chi connectivity index (χ0v) is 11.8. The first-order chi connectivity index (χ1) is 11.2. The summed E-state index contributed by atoms with van der Waals surface area (Å²) >= 11 is 0. The molecule has 2 atom stereocenters. The second-order valence-electron chi connectivity index (χ2n) is 5.13. The van der Waals surface area contributed by atoms with Crippen LogP contribution in [-0.2, 0) is 0 Å². The lowest BCUT2D eigenvalue weighted by atomic mass is 10.1. The van der Waals surface area contributed by atoms with Gasteiger partial charge in [0.15, 0.2) is 18.0 Å². The van der Waals surface area contributed by atoms with E-state index in [1.165, 1.54) is 18.5 Å². The summed E-state index contributed by atoms with van der Waals surface area (Å²) in [6.07, 6.45) is 2.76. The second kappa shape index (κ2) is 5.16. The fourth-order valence-corrected chi connectivity index (χ4v) is 2.52. The third-order valence-corrected chi connectivity index (χ3v) is 3.67. The number of fused-ring (bicyclic) bond motifs is 2. The van der Waals surface area contributed by atoms with Crippen molar-refractivity contribution >= 4 is 35.0 Å². The van der Waals surface area contributed by atoms with Crippen LogP contribution >= 0.6 is 0 Å². The predicted octanol–water partition coefficient (Wildman–Crippen LogP) is 2.10. The first-order valence-corrected chi connectivity index (χ1v) is 6.96. The number of aliphatic imine (C=N–C) groups is 3. The summed E-state index contributed by atoms with van der Waals surface area (Å²) in [5.74, 6) is 0.468. The summed E-state index contributed by atoms with van der Waals surface area (Å²) in [6.45, 7) is 0. The minimum Gasteiger partial charge on any atom is -0.508 e. The van der Waals surface area contributed by atoms with Crippen LogP contribution in [0, 0.1) is 0 Å². The van der Waals surface area contributed by atoms with Crippen LogP contribution in [0.4, 0.5) is 5.69 Å². The van der Waals surface area contributed by atoms with Gasteiger partial charge in [-0.25, -0.2) is 9.98 Å². The first-order valence-electron chi connectivity index (χ1n) is 6.96.